The van der Waals surface area contributed by atoms with E-state index in [0.29, 0.717) is 0 Å². The molecule has 1 aliphatic heterocycles. The molecule has 4 unspecified atom stereocenters. The summed E-state index contributed by atoms with van der Waals surface area (Å²) in [5.74, 6) is -0.564. The van der Waals surface area contributed by atoms with Gasteiger partial charge in [-0.2, -0.15) is 0 Å². The third kappa shape index (κ3) is 3.00. The Bertz CT molecular complexity index is 529. The van der Waals surface area contributed by atoms with Crippen molar-refractivity contribution >= 4 is 17.3 Å². The van der Waals surface area contributed by atoms with Gasteiger partial charge in [0.05, 0.1) is 11.0 Å². The number of nitrogens with two attached hydrogens (primary N) is 1. The van der Waals surface area contributed by atoms with Crippen LogP contribution in [0.3, 0.4) is 0 Å². The molecule has 1 aromatic rings. The Kier molecular flexibility index (Phi) is 4.47. The predicted octanol–water partition coefficient (Wildman–Crippen LogP) is -1.79. The second kappa shape index (κ2) is 6.13. The molecule has 4 atom stereocenters. The number of anilines is 2. The molecule has 116 valence electrons. The molecule has 0 spiro atoms. The lowest BCUT2D eigenvalue weighted by atomic mass is 10.1. The van der Waals surface area contributed by atoms with E-state index in [4.69, 9.17) is 15.6 Å². The van der Waals surface area contributed by atoms with Crippen LogP contribution in [0.1, 0.15) is 6.42 Å². The number of nitrogen functional groups attached to an aromatic ring is 1. The molecule has 11 nitrogen and oxygen atoms in total. The molecule has 2 heterocycles. The van der Waals surface area contributed by atoms with E-state index in [0.717, 1.165) is 6.33 Å². The van der Waals surface area contributed by atoms with Gasteiger partial charge in [-0.3, -0.25) is 10.1 Å². The average Bonchev–Trinajstić information content (AvgIpc) is 2.67. The normalized spacial score (nSPS) is 28.5. The lowest BCUT2D eigenvalue weighted by Crippen LogP contribution is -2.36. The standard InChI is InChI=1S/C10H15N5O6/c11-8-5(15(19)20)9(13-3-12-8)14-10-7(18)6(17)4(21-10)1-2-16/h3-4,6-7,10,16-18H,1-2H2,(H3,11,12,13,14). The van der Waals surface area contributed by atoms with E-state index in [-0.39, 0.29) is 24.7 Å². The average molecular weight is 301 g/mol. The molecule has 0 amide bonds. The van der Waals surface area contributed by atoms with Crippen molar-refractivity contribution in [3.8, 4) is 0 Å². The number of hydrogen-bond acceptors (Lipinski definition) is 10. The number of nitrogens with zero attached hydrogens (tertiary/aromatic N) is 3. The van der Waals surface area contributed by atoms with E-state index >= 15 is 0 Å². The highest BCUT2D eigenvalue weighted by Crippen LogP contribution is 2.30. The van der Waals surface area contributed by atoms with Crippen molar-refractivity contribution in [1.29, 1.82) is 0 Å². The minimum absolute atomic E-state index is 0.115. The van der Waals surface area contributed by atoms with Gasteiger partial charge in [0.25, 0.3) is 0 Å². The quantitative estimate of drug-likeness (QED) is 0.308. The lowest BCUT2D eigenvalue weighted by Gasteiger charge is -2.16. The zero-order chi connectivity index (χ0) is 15.6. The van der Waals surface area contributed by atoms with Crippen molar-refractivity contribution in [2.75, 3.05) is 17.7 Å². The molecule has 1 aromatic heterocycles. The maximum Gasteiger partial charge on any atom is 0.353 e. The number of aromatic nitrogens is 2. The van der Waals surface area contributed by atoms with E-state index < -0.39 is 35.2 Å². The summed E-state index contributed by atoms with van der Waals surface area (Å²) in [6.45, 7) is -0.234. The van der Waals surface area contributed by atoms with Crippen LogP contribution >= 0.6 is 0 Å². The van der Waals surface area contributed by atoms with Crippen molar-refractivity contribution in [1.82, 2.24) is 9.97 Å². The molecule has 0 aliphatic carbocycles. The van der Waals surface area contributed by atoms with Gasteiger partial charge in [0.15, 0.2) is 6.23 Å². The van der Waals surface area contributed by atoms with Crippen molar-refractivity contribution in [2.24, 2.45) is 0 Å². The third-order valence-electron chi connectivity index (χ3n) is 3.09. The smallest absolute Gasteiger partial charge is 0.353 e. The summed E-state index contributed by atoms with van der Waals surface area (Å²) in [7, 11) is 0. The number of ether oxygens (including phenoxy) is 1. The molecule has 21 heavy (non-hydrogen) atoms. The highest BCUT2D eigenvalue weighted by atomic mass is 16.6. The molecule has 1 fully saturated rings. The highest BCUT2D eigenvalue weighted by molar-refractivity contribution is 5.67. The minimum atomic E-state index is -1.34. The molecule has 2 rings (SSSR count). The fourth-order valence-corrected chi connectivity index (χ4v) is 2.05. The van der Waals surface area contributed by atoms with Crippen LogP contribution in [0.4, 0.5) is 17.3 Å². The molecule has 6 N–H and O–H groups in total. The molecule has 0 aromatic carbocycles. The summed E-state index contributed by atoms with van der Waals surface area (Å²) in [4.78, 5) is 17.4. The summed E-state index contributed by atoms with van der Waals surface area (Å²) in [5.41, 5.74) is 4.87. The van der Waals surface area contributed by atoms with Gasteiger partial charge >= 0.3 is 5.69 Å². The Hall–Kier alpha value is -2.08. The molecule has 0 radical (unpaired) electrons. The van der Waals surface area contributed by atoms with Gasteiger partial charge in [-0.25, -0.2) is 9.97 Å². The first-order chi connectivity index (χ1) is 9.95. The summed E-state index contributed by atoms with van der Waals surface area (Å²) < 4.78 is 5.31. The lowest BCUT2D eigenvalue weighted by molar-refractivity contribution is -0.383. The van der Waals surface area contributed by atoms with Crippen LogP contribution in [0.15, 0.2) is 6.33 Å². The van der Waals surface area contributed by atoms with Crippen LogP contribution in [0, 0.1) is 10.1 Å². The fourth-order valence-electron chi connectivity index (χ4n) is 2.05. The van der Waals surface area contributed by atoms with Crippen LogP contribution in [0.2, 0.25) is 0 Å². The number of hydrogen-bond donors (Lipinski definition) is 5. The van der Waals surface area contributed by atoms with Crippen molar-refractivity contribution in [3.63, 3.8) is 0 Å². The van der Waals surface area contributed by atoms with Gasteiger partial charge in [-0.1, -0.05) is 0 Å². The summed E-state index contributed by atoms with van der Waals surface area (Å²) in [6.07, 6.45) is -3.34. The van der Waals surface area contributed by atoms with Crippen LogP contribution < -0.4 is 11.1 Å². The Balaban J connectivity index is 2.19. The number of nitrogens with one attached hydrogen (secondary N) is 1. The number of aliphatic hydroxyl groups is 3. The van der Waals surface area contributed by atoms with Crippen LogP contribution in [-0.4, -0.2) is 61.4 Å². The van der Waals surface area contributed by atoms with Gasteiger partial charge in [-0.05, 0) is 6.42 Å². The number of nitro groups is 1. The third-order valence-corrected chi connectivity index (χ3v) is 3.09. The number of aliphatic hydroxyl groups excluding tert-OH is 3. The van der Waals surface area contributed by atoms with E-state index in [1.54, 1.807) is 0 Å². The van der Waals surface area contributed by atoms with Crippen molar-refractivity contribution < 1.29 is 25.0 Å². The second-order valence-electron chi connectivity index (χ2n) is 4.45. The summed E-state index contributed by atoms with van der Waals surface area (Å²) in [5, 5.41) is 41.9. The van der Waals surface area contributed by atoms with E-state index in [2.05, 4.69) is 15.3 Å². The van der Waals surface area contributed by atoms with Crippen molar-refractivity contribution in [2.45, 2.75) is 31.0 Å². The summed E-state index contributed by atoms with van der Waals surface area (Å²) in [6, 6.07) is 0. The fraction of sp³-hybridized carbons (Fsp3) is 0.600. The maximum atomic E-state index is 10.9. The molecule has 1 aliphatic rings. The van der Waals surface area contributed by atoms with E-state index in [1.165, 1.54) is 0 Å². The molecule has 11 heteroatoms. The van der Waals surface area contributed by atoms with E-state index in [9.17, 15) is 20.3 Å². The topological polar surface area (TPSA) is 177 Å². The first-order valence-corrected chi connectivity index (χ1v) is 6.09. The molecular formula is C10H15N5O6. The Morgan fingerprint density at radius 3 is 2.76 bits per heavy atom. The van der Waals surface area contributed by atoms with Gasteiger partial charge in [-0.15, -0.1) is 0 Å². The van der Waals surface area contributed by atoms with E-state index in [1.807, 2.05) is 0 Å². The minimum Gasteiger partial charge on any atom is -0.396 e. The van der Waals surface area contributed by atoms with Gasteiger partial charge in [0.1, 0.15) is 18.5 Å². The Morgan fingerprint density at radius 2 is 2.14 bits per heavy atom. The highest BCUT2D eigenvalue weighted by Gasteiger charge is 2.43. The van der Waals surface area contributed by atoms with Crippen molar-refractivity contribution in [3.05, 3.63) is 16.4 Å². The molecular weight excluding hydrogens is 286 g/mol. The monoisotopic (exact) mass is 301 g/mol. The Morgan fingerprint density at radius 1 is 1.43 bits per heavy atom. The molecule has 0 bridgehead atoms. The number of rotatable bonds is 5. The van der Waals surface area contributed by atoms with Gasteiger partial charge < -0.3 is 31.1 Å². The SMILES string of the molecule is Nc1ncnc(NC2OC(CCO)C(O)C2O)c1[N+](=O)[O-]. The second-order valence-corrected chi connectivity index (χ2v) is 4.45. The van der Waals surface area contributed by atoms with Gasteiger partial charge in [0, 0.05) is 6.61 Å². The molecule has 1 saturated heterocycles. The first kappa shape index (κ1) is 15.3. The van der Waals surface area contributed by atoms with Gasteiger partial charge in [0.2, 0.25) is 11.6 Å². The zero-order valence-electron chi connectivity index (χ0n) is 10.8. The summed E-state index contributed by atoms with van der Waals surface area (Å²) >= 11 is 0. The maximum absolute atomic E-state index is 10.9. The Labute approximate surface area is 118 Å². The van der Waals surface area contributed by atoms with Crippen LogP contribution in [0.5, 0.6) is 0 Å². The van der Waals surface area contributed by atoms with Crippen LogP contribution in [-0.2, 0) is 4.74 Å². The largest absolute Gasteiger partial charge is 0.396 e. The molecule has 0 saturated carbocycles. The first-order valence-electron chi connectivity index (χ1n) is 6.09. The van der Waals surface area contributed by atoms with Crippen LogP contribution in [0.25, 0.3) is 0 Å². The zero-order valence-corrected chi connectivity index (χ0v) is 10.8. The predicted molar refractivity (Wildman–Crippen MR) is 69.1 cm³/mol.